The molecule has 18 heavy (non-hydrogen) atoms. The van der Waals surface area contributed by atoms with Crippen LogP contribution in [0.5, 0.6) is 0 Å². The van der Waals surface area contributed by atoms with Gasteiger partial charge in [0.25, 0.3) is 0 Å². The van der Waals surface area contributed by atoms with Crippen LogP contribution in [0.3, 0.4) is 0 Å². The smallest absolute Gasteiger partial charge is 0.150 e. The lowest BCUT2D eigenvalue weighted by Gasteiger charge is -2.22. The third-order valence-corrected chi connectivity index (χ3v) is 5.55. The molecule has 0 saturated heterocycles. The fraction of sp³-hybridized carbons (Fsp3) is 1.00. The Labute approximate surface area is 113 Å². The molecule has 0 aromatic heterocycles. The number of hydrogen-bond acceptors (Lipinski definition) is 3. The van der Waals surface area contributed by atoms with Gasteiger partial charge >= 0.3 is 0 Å². The van der Waals surface area contributed by atoms with Gasteiger partial charge in [0, 0.05) is 6.04 Å². The van der Waals surface area contributed by atoms with E-state index >= 15 is 0 Å². The molecule has 1 N–H and O–H groups in total. The Kier molecular flexibility index (Phi) is 7.91. The quantitative estimate of drug-likeness (QED) is 0.658. The summed E-state index contributed by atoms with van der Waals surface area (Å²) in [5.74, 6) is 0.737. The van der Waals surface area contributed by atoms with Crippen molar-refractivity contribution in [3.63, 3.8) is 0 Å². The predicted octanol–water partition coefficient (Wildman–Crippen LogP) is 2.90. The summed E-state index contributed by atoms with van der Waals surface area (Å²) in [5, 5.41) is 3.50. The van der Waals surface area contributed by atoms with Gasteiger partial charge in [-0.2, -0.15) is 0 Å². The molecule has 0 aromatic rings. The van der Waals surface area contributed by atoms with E-state index in [0.717, 1.165) is 32.2 Å². The van der Waals surface area contributed by atoms with Crippen LogP contribution in [-0.2, 0) is 9.84 Å². The first-order valence-electron chi connectivity index (χ1n) is 7.58. The number of rotatable bonds is 9. The van der Waals surface area contributed by atoms with Gasteiger partial charge in [-0.3, -0.25) is 0 Å². The third kappa shape index (κ3) is 7.37. The van der Waals surface area contributed by atoms with E-state index in [1.165, 1.54) is 32.1 Å². The van der Waals surface area contributed by atoms with Crippen molar-refractivity contribution in [1.82, 2.24) is 5.32 Å². The summed E-state index contributed by atoms with van der Waals surface area (Å²) in [6.45, 7) is 2.96. The summed E-state index contributed by atoms with van der Waals surface area (Å²) in [6.07, 6.45) is 10.3. The van der Waals surface area contributed by atoms with Crippen molar-refractivity contribution in [2.75, 3.05) is 18.1 Å². The molecule has 0 radical (unpaired) electrons. The normalized spacial score (nSPS) is 18.1. The second kappa shape index (κ2) is 8.92. The Morgan fingerprint density at radius 2 is 1.67 bits per heavy atom. The lowest BCUT2D eigenvalue weighted by Crippen LogP contribution is -2.32. The van der Waals surface area contributed by atoms with Crippen LogP contribution in [0.1, 0.15) is 64.7 Å². The first kappa shape index (κ1) is 16.0. The van der Waals surface area contributed by atoms with Gasteiger partial charge in [-0.25, -0.2) is 8.42 Å². The molecule has 0 atom stereocenters. The van der Waals surface area contributed by atoms with Crippen LogP contribution >= 0.6 is 0 Å². The molecule has 108 valence electrons. The van der Waals surface area contributed by atoms with Crippen molar-refractivity contribution in [2.24, 2.45) is 0 Å². The molecule has 0 amide bonds. The Hall–Kier alpha value is -0.0900. The average Bonchev–Trinajstić information content (AvgIpc) is 2.36. The highest BCUT2D eigenvalue weighted by Crippen LogP contribution is 2.17. The molecule has 0 spiro atoms. The van der Waals surface area contributed by atoms with E-state index in [0.29, 0.717) is 17.5 Å². The van der Waals surface area contributed by atoms with Crippen LogP contribution in [-0.4, -0.2) is 32.5 Å². The number of hydrogen-bond donors (Lipinski definition) is 1. The number of unbranched alkanes of at least 4 members (excludes halogenated alkanes) is 2. The first-order chi connectivity index (χ1) is 8.64. The number of nitrogens with one attached hydrogen (secondary N) is 1. The van der Waals surface area contributed by atoms with E-state index in [9.17, 15) is 8.42 Å². The lowest BCUT2D eigenvalue weighted by atomic mass is 9.95. The Morgan fingerprint density at radius 3 is 2.33 bits per heavy atom. The molecule has 1 aliphatic carbocycles. The van der Waals surface area contributed by atoms with Crippen molar-refractivity contribution in [1.29, 1.82) is 0 Å². The summed E-state index contributed by atoms with van der Waals surface area (Å²) in [6, 6.07) is 0.640. The maximum absolute atomic E-state index is 11.7. The Morgan fingerprint density at radius 1 is 1.00 bits per heavy atom. The monoisotopic (exact) mass is 275 g/mol. The maximum atomic E-state index is 11.7. The minimum atomic E-state index is -2.80. The van der Waals surface area contributed by atoms with Gasteiger partial charge in [0.15, 0.2) is 0 Å². The van der Waals surface area contributed by atoms with E-state index in [2.05, 4.69) is 12.2 Å². The molecule has 0 heterocycles. The summed E-state index contributed by atoms with van der Waals surface area (Å²) in [4.78, 5) is 0. The Balaban J connectivity index is 2.05. The van der Waals surface area contributed by atoms with Gasteiger partial charge < -0.3 is 5.32 Å². The molecular weight excluding hydrogens is 246 g/mol. The van der Waals surface area contributed by atoms with Gasteiger partial charge in [-0.15, -0.1) is 0 Å². The largest absolute Gasteiger partial charge is 0.314 e. The molecule has 1 saturated carbocycles. The molecule has 0 bridgehead atoms. The number of sulfone groups is 1. The van der Waals surface area contributed by atoms with E-state index in [1.807, 2.05) is 0 Å². The zero-order valence-corrected chi connectivity index (χ0v) is 12.6. The van der Waals surface area contributed by atoms with Crippen molar-refractivity contribution in [3.8, 4) is 0 Å². The van der Waals surface area contributed by atoms with Crippen molar-refractivity contribution in [3.05, 3.63) is 0 Å². The van der Waals surface area contributed by atoms with E-state index in [1.54, 1.807) is 0 Å². The average molecular weight is 275 g/mol. The zero-order chi connectivity index (χ0) is 13.3. The van der Waals surface area contributed by atoms with Crippen LogP contribution < -0.4 is 5.32 Å². The maximum Gasteiger partial charge on any atom is 0.150 e. The third-order valence-electron chi connectivity index (χ3n) is 3.73. The molecule has 3 nitrogen and oxygen atoms in total. The molecule has 4 heteroatoms. The molecule has 0 aromatic carbocycles. The highest BCUT2D eigenvalue weighted by Gasteiger charge is 2.13. The van der Waals surface area contributed by atoms with Crippen molar-refractivity contribution >= 4 is 9.84 Å². The molecule has 0 aliphatic heterocycles. The highest BCUT2D eigenvalue weighted by atomic mass is 32.2. The molecule has 0 unspecified atom stereocenters. The predicted molar refractivity (Wildman–Crippen MR) is 77.7 cm³/mol. The van der Waals surface area contributed by atoms with Crippen LogP contribution in [0.25, 0.3) is 0 Å². The topological polar surface area (TPSA) is 46.2 Å². The van der Waals surface area contributed by atoms with Crippen LogP contribution in [0, 0.1) is 0 Å². The zero-order valence-electron chi connectivity index (χ0n) is 11.8. The van der Waals surface area contributed by atoms with Gasteiger partial charge in [-0.05, 0) is 32.2 Å². The van der Waals surface area contributed by atoms with E-state index < -0.39 is 9.84 Å². The highest BCUT2D eigenvalue weighted by molar-refractivity contribution is 7.91. The fourth-order valence-electron chi connectivity index (χ4n) is 2.58. The molecule has 1 rings (SSSR count). The second-order valence-corrected chi connectivity index (χ2v) is 7.81. The first-order valence-corrected chi connectivity index (χ1v) is 9.40. The molecule has 1 aliphatic rings. The minimum Gasteiger partial charge on any atom is -0.314 e. The Bertz CT molecular complexity index is 295. The van der Waals surface area contributed by atoms with Crippen LogP contribution in [0.15, 0.2) is 0 Å². The standard InChI is InChI=1S/C14H29NO2S/c1-2-3-7-12-18(16,17)13-8-11-15-14-9-5-4-6-10-14/h14-15H,2-13H2,1H3. The fourth-order valence-corrected chi connectivity index (χ4v) is 4.01. The van der Waals surface area contributed by atoms with Gasteiger partial charge in [0.1, 0.15) is 9.84 Å². The van der Waals surface area contributed by atoms with Crippen molar-refractivity contribution < 1.29 is 8.42 Å². The van der Waals surface area contributed by atoms with Gasteiger partial charge in [-0.1, -0.05) is 39.0 Å². The molecule has 1 fully saturated rings. The molecular formula is C14H29NO2S. The summed E-state index contributed by atoms with van der Waals surface area (Å²) in [5.41, 5.74) is 0. The lowest BCUT2D eigenvalue weighted by molar-refractivity contribution is 0.374. The summed E-state index contributed by atoms with van der Waals surface area (Å²) in [7, 11) is -2.80. The van der Waals surface area contributed by atoms with E-state index in [4.69, 9.17) is 0 Å². The van der Waals surface area contributed by atoms with Crippen LogP contribution in [0.2, 0.25) is 0 Å². The van der Waals surface area contributed by atoms with Crippen molar-refractivity contribution in [2.45, 2.75) is 70.8 Å². The van der Waals surface area contributed by atoms with Gasteiger partial charge in [0.05, 0.1) is 11.5 Å². The van der Waals surface area contributed by atoms with E-state index in [-0.39, 0.29) is 0 Å². The SMILES string of the molecule is CCCCCS(=O)(=O)CCCNC1CCCCC1. The minimum absolute atomic E-state index is 0.358. The summed E-state index contributed by atoms with van der Waals surface area (Å²) >= 11 is 0. The second-order valence-electron chi connectivity index (χ2n) is 5.50. The summed E-state index contributed by atoms with van der Waals surface area (Å²) < 4.78 is 23.5. The van der Waals surface area contributed by atoms with Crippen LogP contribution in [0.4, 0.5) is 0 Å². The van der Waals surface area contributed by atoms with Gasteiger partial charge in [0.2, 0.25) is 0 Å².